The zero-order valence-corrected chi connectivity index (χ0v) is 13.5. The Bertz CT molecular complexity index is 699. The Labute approximate surface area is 131 Å². The van der Waals surface area contributed by atoms with E-state index in [2.05, 4.69) is 59.8 Å². The highest BCUT2D eigenvalue weighted by Crippen LogP contribution is 2.38. The van der Waals surface area contributed by atoms with Crippen molar-refractivity contribution in [1.82, 2.24) is 20.2 Å². The Morgan fingerprint density at radius 3 is 2.77 bits per heavy atom. The number of hydrogen-bond acceptors (Lipinski definition) is 4. The molecule has 1 aromatic carbocycles. The highest BCUT2D eigenvalue weighted by Gasteiger charge is 2.30. The van der Waals surface area contributed by atoms with Crippen LogP contribution in [0.3, 0.4) is 0 Å². The molecule has 2 aliphatic carbocycles. The van der Waals surface area contributed by atoms with E-state index < -0.39 is 0 Å². The normalized spacial score (nSPS) is 20.7. The van der Waals surface area contributed by atoms with Gasteiger partial charge in [-0.1, -0.05) is 19.9 Å². The third-order valence-electron chi connectivity index (χ3n) is 4.73. The van der Waals surface area contributed by atoms with E-state index in [1.807, 2.05) is 4.68 Å². The van der Waals surface area contributed by atoms with E-state index in [1.54, 1.807) is 0 Å². The first-order chi connectivity index (χ1) is 10.5. The van der Waals surface area contributed by atoms with Crippen molar-refractivity contribution in [1.29, 1.82) is 0 Å². The molecule has 1 fully saturated rings. The summed E-state index contributed by atoms with van der Waals surface area (Å²) in [5.74, 6) is 0.934. The van der Waals surface area contributed by atoms with Gasteiger partial charge >= 0.3 is 0 Å². The van der Waals surface area contributed by atoms with Crippen LogP contribution in [-0.2, 0) is 12.8 Å². The predicted octanol–water partition coefficient (Wildman–Crippen LogP) is 3.31. The Kier molecular flexibility index (Phi) is 2.99. The Morgan fingerprint density at radius 1 is 1.23 bits per heavy atom. The molecule has 2 aromatic rings. The standard InChI is InChI=1S/C17H23N5/c1-11(16-19-20-21-22(16)15-6-7-15)18-14-5-4-12-9-17(2,3)10-13(12)8-14/h4-5,8,11,15,18H,6-7,9-10H2,1-3H3. The van der Waals surface area contributed by atoms with E-state index in [0.717, 1.165) is 17.9 Å². The van der Waals surface area contributed by atoms with Gasteiger partial charge in [0.1, 0.15) is 0 Å². The number of hydrogen-bond donors (Lipinski definition) is 1. The Balaban J connectivity index is 1.53. The van der Waals surface area contributed by atoms with Gasteiger partial charge in [0.2, 0.25) is 0 Å². The maximum atomic E-state index is 4.21. The topological polar surface area (TPSA) is 55.6 Å². The van der Waals surface area contributed by atoms with Crippen LogP contribution in [0.15, 0.2) is 18.2 Å². The van der Waals surface area contributed by atoms with E-state index >= 15 is 0 Å². The first kappa shape index (κ1) is 13.7. The van der Waals surface area contributed by atoms with E-state index in [-0.39, 0.29) is 6.04 Å². The first-order valence-electron chi connectivity index (χ1n) is 8.18. The minimum Gasteiger partial charge on any atom is -0.375 e. The third kappa shape index (κ3) is 2.49. The molecule has 1 aromatic heterocycles. The van der Waals surface area contributed by atoms with Crippen LogP contribution < -0.4 is 5.32 Å². The first-order valence-corrected chi connectivity index (χ1v) is 8.18. The second-order valence-corrected chi connectivity index (χ2v) is 7.58. The van der Waals surface area contributed by atoms with Crippen molar-refractivity contribution >= 4 is 5.69 Å². The lowest BCUT2D eigenvalue weighted by molar-refractivity contribution is 0.392. The van der Waals surface area contributed by atoms with Crippen molar-refractivity contribution in [3.63, 3.8) is 0 Å². The number of nitrogens with one attached hydrogen (secondary N) is 1. The lowest BCUT2D eigenvalue weighted by Gasteiger charge is -2.16. The van der Waals surface area contributed by atoms with Crippen LogP contribution in [0.2, 0.25) is 0 Å². The average molecular weight is 297 g/mol. The van der Waals surface area contributed by atoms with E-state index in [1.165, 1.54) is 30.4 Å². The van der Waals surface area contributed by atoms with Crippen LogP contribution in [0, 0.1) is 5.41 Å². The number of tetrazole rings is 1. The molecule has 1 N–H and O–H groups in total. The molecule has 0 bridgehead atoms. The van der Waals surface area contributed by atoms with Gasteiger partial charge in [0, 0.05) is 5.69 Å². The van der Waals surface area contributed by atoms with Crippen molar-refractivity contribution in [2.75, 3.05) is 5.32 Å². The maximum Gasteiger partial charge on any atom is 0.173 e. The summed E-state index contributed by atoms with van der Waals surface area (Å²) >= 11 is 0. The second kappa shape index (κ2) is 4.80. The van der Waals surface area contributed by atoms with Crippen molar-refractivity contribution in [3.05, 3.63) is 35.2 Å². The summed E-state index contributed by atoms with van der Waals surface area (Å²) in [5.41, 5.74) is 4.52. The molecule has 1 heterocycles. The zero-order valence-electron chi connectivity index (χ0n) is 13.5. The molecular formula is C17H23N5. The summed E-state index contributed by atoms with van der Waals surface area (Å²) in [6, 6.07) is 7.37. The number of nitrogens with zero attached hydrogens (tertiary/aromatic N) is 4. The van der Waals surface area contributed by atoms with Gasteiger partial charge in [-0.3, -0.25) is 0 Å². The smallest absolute Gasteiger partial charge is 0.173 e. The zero-order chi connectivity index (χ0) is 15.3. The van der Waals surface area contributed by atoms with Crippen LogP contribution in [0.4, 0.5) is 5.69 Å². The second-order valence-electron chi connectivity index (χ2n) is 7.58. The molecule has 5 heteroatoms. The monoisotopic (exact) mass is 297 g/mol. The Hall–Kier alpha value is -1.91. The number of anilines is 1. The van der Waals surface area contributed by atoms with E-state index in [9.17, 15) is 0 Å². The molecule has 0 saturated heterocycles. The fourth-order valence-electron chi connectivity index (χ4n) is 3.53. The van der Waals surface area contributed by atoms with Gasteiger partial charge < -0.3 is 5.32 Å². The van der Waals surface area contributed by atoms with Crippen LogP contribution >= 0.6 is 0 Å². The van der Waals surface area contributed by atoms with E-state index in [0.29, 0.717) is 11.5 Å². The summed E-state index contributed by atoms with van der Waals surface area (Å²) < 4.78 is 1.98. The summed E-state index contributed by atoms with van der Waals surface area (Å²) in [6.45, 7) is 6.81. The van der Waals surface area contributed by atoms with Crippen LogP contribution in [0.5, 0.6) is 0 Å². The highest BCUT2D eigenvalue weighted by atomic mass is 15.6. The molecule has 22 heavy (non-hydrogen) atoms. The summed E-state index contributed by atoms with van der Waals surface area (Å²) in [6.07, 6.45) is 4.72. The van der Waals surface area contributed by atoms with Crippen LogP contribution in [0.1, 0.15) is 62.6 Å². The molecule has 0 amide bonds. The number of aromatic nitrogens is 4. The van der Waals surface area contributed by atoms with Gasteiger partial charge in [-0.2, -0.15) is 0 Å². The molecule has 0 aliphatic heterocycles. The minimum atomic E-state index is 0.114. The van der Waals surface area contributed by atoms with Gasteiger partial charge in [-0.25, -0.2) is 4.68 Å². The fraction of sp³-hybridized carbons (Fsp3) is 0.588. The lowest BCUT2D eigenvalue weighted by atomic mass is 9.90. The van der Waals surface area contributed by atoms with Crippen LogP contribution in [0.25, 0.3) is 0 Å². The molecule has 1 unspecified atom stereocenters. The quantitative estimate of drug-likeness (QED) is 0.940. The largest absolute Gasteiger partial charge is 0.375 e. The van der Waals surface area contributed by atoms with Crippen molar-refractivity contribution in [2.45, 2.75) is 58.5 Å². The Morgan fingerprint density at radius 2 is 2.00 bits per heavy atom. The van der Waals surface area contributed by atoms with Crippen molar-refractivity contribution < 1.29 is 0 Å². The summed E-state index contributed by atoms with van der Waals surface area (Å²) in [4.78, 5) is 0. The number of benzene rings is 1. The molecule has 5 nitrogen and oxygen atoms in total. The van der Waals surface area contributed by atoms with Crippen molar-refractivity contribution in [3.8, 4) is 0 Å². The highest BCUT2D eigenvalue weighted by molar-refractivity contribution is 5.51. The van der Waals surface area contributed by atoms with E-state index in [4.69, 9.17) is 0 Å². The SMILES string of the molecule is CC(Nc1ccc2c(c1)CC(C)(C)C2)c1nnnn1C1CC1. The third-order valence-corrected chi connectivity index (χ3v) is 4.73. The molecule has 116 valence electrons. The predicted molar refractivity (Wildman–Crippen MR) is 85.8 cm³/mol. The molecule has 2 aliphatic rings. The van der Waals surface area contributed by atoms with Crippen LogP contribution in [-0.4, -0.2) is 20.2 Å². The summed E-state index contributed by atoms with van der Waals surface area (Å²) in [7, 11) is 0. The average Bonchev–Trinajstić information content (AvgIpc) is 3.08. The maximum absolute atomic E-state index is 4.21. The lowest BCUT2D eigenvalue weighted by Crippen LogP contribution is -2.14. The molecule has 0 radical (unpaired) electrons. The van der Waals surface area contributed by atoms with Gasteiger partial charge in [0.15, 0.2) is 5.82 Å². The minimum absolute atomic E-state index is 0.114. The summed E-state index contributed by atoms with van der Waals surface area (Å²) in [5, 5.41) is 15.7. The number of rotatable bonds is 4. The van der Waals surface area contributed by atoms with Crippen molar-refractivity contribution in [2.24, 2.45) is 5.41 Å². The molecule has 1 saturated carbocycles. The number of fused-ring (bicyclic) bond motifs is 1. The molecular weight excluding hydrogens is 274 g/mol. The fourth-order valence-corrected chi connectivity index (χ4v) is 3.53. The van der Waals surface area contributed by atoms with Gasteiger partial charge in [0.25, 0.3) is 0 Å². The molecule has 4 rings (SSSR count). The van der Waals surface area contributed by atoms with Gasteiger partial charge in [0.05, 0.1) is 12.1 Å². The molecule has 0 spiro atoms. The van der Waals surface area contributed by atoms with Gasteiger partial charge in [-0.15, -0.1) is 5.10 Å². The van der Waals surface area contributed by atoms with Gasteiger partial charge in [-0.05, 0) is 71.7 Å². The molecule has 1 atom stereocenters.